The van der Waals surface area contributed by atoms with Crippen LogP contribution in [0.15, 0.2) is 24.3 Å². The molecule has 126 valence electrons. The van der Waals surface area contributed by atoms with Crippen molar-refractivity contribution in [2.45, 2.75) is 38.8 Å². The number of halogens is 2. The van der Waals surface area contributed by atoms with Gasteiger partial charge in [-0.3, -0.25) is 9.59 Å². The Morgan fingerprint density at radius 2 is 1.91 bits per heavy atom. The third-order valence-electron chi connectivity index (χ3n) is 3.70. The molecule has 7 heteroatoms. The molecule has 0 aromatic heterocycles. The summed E-state index contributed by atoms with van der Waals surface area (Å²) in [6.07, 6.45) is 1.89. The highest BCUT2D eigenvalue weighted by Gasteiger charge is 2.34. The van der Waals surface area contributed by atoms with Crippen molar-refractivity contribution in [2.24, 2.45) is 5.92 Å². The lowest BCUT2D eigenvalue weighted by Crippen LogP contribution is -2.39. The molecule has 1 atom stereocenters. The number of hydrogen-bond acceptors (Lipinski definition) is 3. The molecule has 0 spiro atoms. The predicted molar refractivity (Wildman–Crippen MR) is 78.3 cm³/mol. The van der Waals surface area contributed by atoms with Crippen LogP contribution in [0.2, 0.25) is 0 Å². The standard InChI is InChI=1S/C16H19F2NO4/c1-10(15(21)22)9-19(12-4-5-12)14(20)8-11-2-6-13(7-3-11)23-16(17)18/h2-3,6-7,10,12,16H,4-5,8-9H2,1H3,(H,21,22). The van der Waals surface area contributed by atoms with E-state index >= 15 is 0 Å². The van der Waals surface area contributed by atoms with E-state index in [0.717, 1.165) is 12.8 Å². The summed E-state index contributed by atoms with van der Waals surface area (Å²) in [6.45, 7) is -1.13. The molecule has 1 saturated carbocycles. The summed E-state index contributed by atoms with van der Waals surface area (Å²) in [7, 11) is 0. The molecule has 0 aliphatic heterocycles. The van der Waals surface area contributed by atoms with E-state index in [0.29, 0.717) is 5.56 Å². The fourth-order valence-corrected chi connectivity index (χ4v) is 2.28. The van der Waals surface area contributed by atoms with Gasteiger partial charge in [-0.05, 0) is 30.5 Å². The molecule has 0 saturated heterocycles. The minimum Gasteiger partial charge on any atom is -0.481 e. The fourth-order valence-electron chi connectivity index (χ4n) is 2.28. The van der Waals surface area contributed by atoms with Gasteiger partial charge in [0.1, 0.15) is 5.75 Å². The Labute approximate surface area is 132 Å². The lowest BCUT2D eigenvalue weighted by molar-refractivity contribution is -0.143. The first-order valence-corrected chi connectivity index (χ1v) is 7.43. The van der Waals surface area contributed by atoms with E-state index in [2.05, 4.69) is 4.74 Å². The summed E-state index contributed by atoms with van der Waals surface area (Å²) in [5.41, 5.74) is 0.672. The molecule has 5 nitrogen and oxygen atoms in total. The summed E-state index contributed by atoms with van der Waals surface area (Å²) < 4.78 is 28.4. The van der Waals surface area contributed by atoms with Crippen molar-refractivity contribution in [3.05, 3.63) is 29.8 Å². The SMILES string of the molecule is CC(CN(C(=O)Cc1ccc(OC(F)F)cc1)C1CC1)C(=O)O. The van der Waals surface area contributed by atoms with Gasteiger partial charge >= 0.3 is 12.6 Å². The number of carbonyl (C=O) groups excluding carboxylic acids is 1. The fraction of sp³-hybridized carbons (Fsp3) is 0.500. The molecule has 0 bridgehead atoms. The zero-order valence-corrected chi connectivity index (χ0v) is 12.7. The quantitative estimate of drug-likeness (QED) is 0.797. The van der Waals surface area contributed by atoms with Gasteiger partial charge in [-0.15, -0.1) is 0 Å². The molecule has 2 rings (SSSR count). The summed E-state index contributed by atoms with van der Waals surface area (Å²) in [5.74, 6) is -1.67. The first-order valence-electron chi connectivity index (χ1n) is 7.43. The second-order valence-electron chi connectivity index (χ2n) is 5.72. The number of carboxylic acid groups (broad SMARTS) is 1. The van der Waals surface area contributed by atoms with E-state index in [1.807, 2.05) is 0 Å². The van der Waals surface area contributed by atoms with Gasteiger partial charge in [0.15, 0.2) is 0 Å². The Morgan fingerprint density at radius 3 is 2.39 bits per heavy atom. The van der Waals surface area contributed by atoms with Gasteiger partial charge in [-0.25, -0.2) is 0 Å². The molecular weight excluding hydrogens is 308 g/mol. The Hall–Kier alpha value is -2.18. The third kappa shape index (κ3) is 5.19. The predicted octanol–water partition coefficient (Wildman–Crippen LogP) is 2.54. The van der Waals surface area contributed by atoms with Crippen LogP contribution in [0.25, 0.3) is 0 Å². The maximum absolute atomic E-state index is 12.4. The Kier molecular flexibility index (Phi) is 5.52. The number of ether oxygens (including phenoxy) is 1. The number of aliphatic carboxylic acids is 1. The number of carbonyl (C=O) groups is 2. The molecule has 1 aliphatic carbocycles. The smallest absolute Gasteiger partial charge is 0.387 e. The molecule has 0 heterocycles. The van der Waals surface area contributed by atoms with Gasteiger partial charge in [0, 0.05) is 12.6 Å². The second kappa shape index (κ2) is 7.39. The number of carboxylic acids is 1. The van der Waals surface area contributed by atoms with Crippen molar-refractivity contribution in [2.75, 3.05) is 6.54 Å². The average Bonchev–Trinajstić information content (AvgIpc) is 3.30. The van der Waals surface area contributed by atoms with Crippen molar-refractivity contribution in [1.82, 2.24) is 4.90 Å². The Morgan fingerprint density at radius 1 is 1.30 bits per heavy atom. The second-order valence-corrected chi connectivity index (χ2v) is 5.72. The molecule has 1 N–H and O–H groups in total. The van der Waals surface area contributed by atoms with Gasteiger partial charge < -0.3 is 14.7 Å². The van der Waals surface area contributed by atoms with E-state index in [4.69, 9.17) is 5.11 Å². The molecule has 23 heavy (non-hydrogen) atoms. The van der Waals surface area contributed by atoms with E-state index in [1.54, 1.807) is 24.0 Å². The van der Waals surface area contributed by atoms with Crippen molar-refractivity contribution in [3.63, 3.8) is 0 Å². The van der Waals surface area contributed by atoms with Crippen molar-refractivity contribution >= 4 is 11.9 Å². The van der Waals surface area contributed by atoms with E-state index in [-0.39, 0.29) is 30.7 Å². The van der Waals surface area contributed by atoms with Crippen LogP contribution < -0.4 is 4.74 Å². The molecule has 0 radical (unpaired) electrons. The van der Waals surface area contributed by atoms with Crippen LogP contribution in [0.3, 0.4) is 0 Å². The largest absolute Gasteiger partial charge is 0.481 e. The Bertz CT molecular complexity index is 558. The van der Waals surface area contributed by atoms with Crippen LogP contribution in [0.5, 0.6) is 5.75 Å². The molecule has 1 aliphatic rings. The molecule has 1 fully saturated rings. The Balaban J connectivity index is 1.96. The lowest BCUT2D eigenvalue weighted by atomic mass is 10.1. The van der Waals surface area contributed by atoms with Gasteiger partial charge in [-0.1, -0.05) is 19.1 Å². The number of hydrogen-bond donors (Lipinski definition) is 1. The van der Waals surface area contributed by atoms with Crippen LogP contribution in [-0.4, -0.2) is 41.1 Å². The normalized spacial score (nSPS) is 15.3. The highest BCUT2D eigenvalue weighted by Crippen LogP contribution is 2.28. The zero-order valence-electron chi connectivity index (χ0n) is 12.7. The molecular formula is C16H19F2NO4. The summed E-state index contributed by atoms with van der Waals surface area (Å²) in [4.78, 5) is 25.0. The number of alkyl halides is 2. The summed E-state index contributed by atoms with van der Waals surface area (Å²) in [5, 5.41) is 8.99. The van der Waals surface area contributed by atoms with Crippen molar-refractivity contribution in [1.29, 1.82) is 0 Å². The molecule has 1 aromatic carbocycles. The van der Waals surface area contributed by atoms with Crippen molar-refractivity contribution < 1.29 is 28.2 Å². The molecule has 1 unspecified atom stereocenters. The van der Waals surface area contributed by atoms with Crippen LogP contribution in [0.1, 0.15) is 25.3 Å². The maximum Gasteiger partial charge on any atom is 0.387 e. The molecule has 1 amide bonds. The monoisotopic (exact) mass is 327 g/mol. The van der Waals surface area contributed by atoms with Gasteiger partial charge in [0.2, 0.25) is 5.91 Å². The van der Waals surface area contributed by atoms with Crippen LogP contribution >= 0.6 is 0 Å². The first kappa shape index (κ1) is 17.2. The third-order valence-corrected chi connectivity index (χ3v) is 3.70. The highest BCUT2D eigenvalue weighted by molar-refractivity contribution is 5.80. The van der Waals surface area contributed by atoms with E-state index in [9.17, 15) is 18.4 Å². The summed E-state index contributed by atoms with van der Waals surface area (Å²) in [6, 6.07) is 6.00. The topological polar surface area (TPSA) is 66.8 Å². The average molecular weight is 327 g/mol. The number of benzene rings is 1. The summed E-state index contributed by atoms with van der Waals surface area (Å²) >= 11 is 0. The molecule has 1 aromatic rings. The van der Waals surface area contributed by atoms with Crippen molar-refractivity contribution in [3.8, 4) is 5.75 Å². The lowest BCUT2D eigenvalue weighted by Gasteiger charge is -2.24. The van der Waals surface area contributed by atoms with Crippen LogP contribution in [0.4, 0.5) is 8.78 Å². The number of amides is 1. The maximum atomic E-state index is 12.4. The van der Waals surface area contributed by atoms with Gasteiger partial charge in [0.25, 0.3) is 0 Å². The minimum atomic E-state index is -2.88. The van der Waals surface area contributed by atoms with Crippen LogP contribution in [-0.2, 0) is 16.0 Å². The van der Waals surface area contributed by atoms with Gasteiger partial charge in [0.05, 0.1) is 12.3 Å². The number of rotatable bonds is 8. The zero-order chi connectivity index (χ0) is 17.0. The first-order chi connectivity index (χ1) is 10.9. The van der Waals surface area contributed by atoms with E-state index in [1.165, 1.54) is 12.1 Å². The van der Waals surface area contributed by atoms with Gasteiger partial charge in [-0.2, -0.15) is 8.78 Å². The number of nitrogens with zero attached hydrogens (tertiary/aromatic N) is 1. The minimum absolute atomic E-state index is 0.0368. The highest BCUT2D eigenvalue weighted by atomic mass is 19.3. The van der Waals surface area contributed by atoms with Crippen LogP contribution in [0, 0.1) is 5.92 Å². The van der Waals surface area contributed by atoms with E-state index < -0.39 is 18.5 Å².